The van der Waals surface area contributed by atoms with Gasteiger partial charge in [0.05, 0.1) is 24.1 Å². The van der Waals surface area contributed by atoms with Crippen molar-refractivity contribution in [2.45, 2.75) is 31.7 Å². The van der Waals surface area contributed by atoms with Gasteiger partial charge in [0.15, 0.2) is 0 Å². The van der Waals surface area contributed by atoms with Gasteiger partial charge in [-0.15, -0.1) is 0 Å². The molecule has 0 bridgehead atoms. The summed E-state index contributed by atoms with van der Waals surface area (Å²) in [4.78, 5) is 28.1. The first kappa shape index (κ1) is 16.3. The van der Waals surface area contributed by atoms with Crippen LogP contribution >= 0.6 is 0 Å². The molecular weight excluding hydrogens is 322 g/mol. The molecule has 0 saturated carbocycles. The number of carbonyl (C=O) groups excluding carboxylic acids is 1. The molecule has 3 aliphatic heterocycles. The molecule has 4 rings (SSSR count). The van der Waals surface area contributed by atoms with Crippen LogP contribution < -0.4 is 4.90 Å². The lowest BCUT2D eigenvalue weighted by Gasteiger charge is -2.47. The number of piperidine rings is 1. The number of fused-ring (bicyclic) bond motifs is 3. The van der Waals surface area contributed by atoms with E-state index in [1.165, 1.54) is 0 Å². The minimum atomic E-state index is -0.360. The van der Waals surface area contributed by atoms with Crippen LogP contribution in [0.2, 0.25) is 0 Å². The number of nitro groups is 1. The fourth-order valence-electron chi connectivity index (χ4n) is 4.45. The van der Waals surface area contributed by atoms with E-state index in [9.17, 15) is 14.9 Å². The van der Waals surface area contributed by atoms with E-state index in [1.807, 2.05) is 11.0 Å². The molecule has 3 aliphatic rings. The van der Waals surface area contributed by atoms with Crippen LogP contribution in [0, 0.1) is 16.0 Å². The van der Waals surface area contributed by atoms with Crippen LogP contribution in [0.4, 0.5) is 11.4 Å². The second kappa shape index (κ2) is 6.63. The molecule has 0 N–H and O–H groups in total. The van der Waals surface area contributed by atoms with E-state index in [1.54, 1.807) is 12.1 Å². The van der Waals surface area contributed by atoms with Gasteiger partial charge in [0.25, 0.3) is 5.69 Å². The Morgan fingerprint density at radius 3 is 2.76 bits per heavy atom. The molecule has 7 heteroatoms. The van der Waals surface area contributed by atoms with Gasteiger partial charge in [-0.05, 0) is 37.3 Å². The first-order valence-electron chi connectivity index (χ1n) is 9.05. The Hall–Kier alpha value is -2.15. The number of carbonyl (C=O) groups is 1. The van der Waals surface area contributed by atoms with Crippen molar-refractivity contribution in [3.8, 4) is 0 Å². The Morgan fingerprint density at radius 2 is 2.00 bits per heavy atom. The van der Waals surface area contributed by atoms with E-state index in [2.05, 4.69) is 4.90 Å². The fraction of sp³-hybridized carbons (Fsp3) is 0.611. The SMILES string of the molecule is O=C([C@@H]1Cc2cc([N+](=O)[O-])ccc2N2CCCC[C@@H]12)N1CCOCC1. The monoisotopic (exact) mass is 345 g/mol. The summed E-state index contributed by atoms with van der Waals surface area (Å²) in [5.41, 5.74) is 2.10. The van der Waals surface area contributed by atoms with Crippen LogP contribution in [0.5, 0.6) is 0 Å². The van der Waals surface area contributed by atoms with Gasteiger partial charge in [0.2, 0.25) is 5.91 Å². The maximum atomic E-state index is 13.1. The van der Waals surface area contributed by atoms with Crippen LogP contribution in [-0.4, -0.2) is 54.6 Å². The maximum absolute atomic E-state index is 13.1. The Morgan fingerprint density at radius 1 is 1.20 bits per heavy atom. The van der Waals surface area contributed by atoms with Gasteiger partial charge in [0, 0.05) is 43.5 Å². The minimum Gasteiger partial charge on any atom is -0.378 e. The first-order chi connectivity index (χ1) is 12.1. The number of benzene rings is 1. The second-order valence-electron chi connectivity index (χ2n) is 7.07. The predicted octanol–water partition coefficient (Wildman–Crippen LogP) is 1.98. The van der Waals surface area contributed by atoms with Gasteiger partial charge in [-0.2, -0.15) is 0 Å². The molecule has 2 atom stereocenters. The molecule has 1 amide bonds. The van der Waals surface area contributed by atoms with Crippen molar-refractivity contribution in [3.05, 3.63) is 33.9 Å². The predicted molar refractivity (Wildman–Crippen MR) is 92.7 cm³/mol. The molecule has 1 aromatic carbocycles. The zero-order valence-electron chi connectivity index (χ0n) is 14.2. The third kappa shape index (κ3) is 2.97. The maximum Gasteiger partial charge on any atom is 0.269 e. The molecule has 2 fully saturated rings. The Kier molecular flexibility index (Phi) is 4.33. The lowest BCUT2D eigenvalue weighted by molar-refractivity contribution is -0.384. The zero-order valence-corrected chi connectivity index (χ0v) is 14.2. The minimum absolute atomic E-state index is 0.104. The zero-order chi connectivity index (χ0) is 17.4. The van der Waals surface area contributed by atoms with Crippen molar-refractivity contribution in [2.75, 3.05) is 37.7 Å². The van der Waals surface area contributed by atoms with Crippen molar-refractivity contribution >= 4 is 17.3 Å². The number of morpholine rings is 1. The van der Waals surface area contributed by atoms with E-state index in [-0.39, 0.29) is 28.5 Å². The number of rotatable bonds is 2. The topological polar surface area (TPSA) is 75.9 Å². The molecule has 7 nitrogen and oxygen atoms in total. The Labute approximate surface area is 146 Å². The van der Waals surface area contributed by atoms with Gasteiger partial charge in [0.1, 0.15) is 0 Å². The van der Waals surface area contributed by atoms with Crippen molar-refractivity contribution in [3.63, 3.8) is 0 Å². The van der Waals surface area contributed by atoms with E-state index >= 15 is 0 Å². The van der Waals surface area contributed by atoms with Crippen molar-refractivity contribution in [1.82, 2.24) is 4.90 Å². The highest BCUT2D eigenvalue weighted by Crippen LogP contribution is 2.40. The Balaban J connectivity index is 1.67. The molecule has 0 radical (unpaired) electrons. The molecule has 1 aromatic rings. The highest BCUT2D eigenvalue weighted by atomic mass is 16.6. The smallest absolute Gasteiger partial charge is 0.269 e. The third-order valence-electron chi connectivity index (χ3n) is 5.68. The van der Waals surface area contributed by atoms with Gasteiger partial charge < -0.3 is 14.5 Å². The summed E-state index contributed by atoms with van der Waals surface area (Å²) in [5, 5.41) is 11.1. The Bertz CT molecular complexity index is 687. The molecule has 134 valence electrons. The molecule has 2 saturated heterocycles. The number of ether oxygens (including phenoxy) is 1. The van der Waals surface area contributed by atoms with Crippen LogP contribution in [0.15, 0.2) is 18.2 Å². The van der Waals surface area contributed by atoms with Gasteiger partial charge in [-0.25, -0.2) is 0 Å². The average Bonchev–Trinajstić information content (AvgIpc) is 2.67. The highest BCUT2D eigenvalue weighted by molar-refractivity contribution is 5.82. The summed E-state index contributed by atoms with van der Waals surface area (Å²) in [7, 11) is 0. The van der Waals surface area contributed by atoms with Crippen molar-refractivity contribution < 1.29 is 14.5 Å². The van der Waals surface area contributed by atoms with E-state index in [4.69, 9.17) is 4.74 Å². The normalized spacial score (nSPS) is 25.9. The van der Waals surface area contributed by atoms with Crippen molar-refractivity contribution in [1.29, 1.82) is 0 Å². The number of hydrogen-bond donors (Lipinski definition) is 0. The summed E-state index contributed by atoms with van der Waals surface area (Å²) in [5.74, 6) is 0.0604. The second-order valence-corrected chi connectivity index (χ2v) is 7.07. The molecule has 0 unspecified atom stereocenters. The summed E-state index contributed by atoms with van der Waals surface area (Å²) in [6, 6.07) is 5.30. The number of hydrogen-bond acceptors (Lipinski definition) is 5. The molecule has 3 heterocycles. The quantitative estimate of drug-likeness (QED) is 0.605. The van der Waals surface area contributed by atoms with Gasteiger partial charge in [-0.1, -0.05) is 0 Å². The van der Waals surface area contributed by atoms with Crippen LogP contribution in [0.25, 0.3) is 0 Å². The van der Waals surface area contributed by atoms with E-state index in [0.717, 1.165) is 37.1 Å². The molecule has 25 heavy (non-hydrogen) atoms. The highest BCUT2D eigenvalue weighted by Gasteiger charge is 2.41. The first-order valence-corrected chi connectivity index (χ1v) is 9.05. The number of non-ortho nitro benzene ring substituents is 1. The molecule has 0 aromatic heterocycles. The largest absolute Gasteiger partial charge is 0.378 e. The van der Waals surface area contributed by atoms with E-state index < -0.39 is 0 Å². The number of nitrogens with zero attached hydrogens (tertiary/aromatic N) is 3. The molecule has 0 aliphatic carbocycles. The standard InChI is InChI=1S/C18H23N3O4/c22-18(19-7-9-25-10-8-19)15-12-13-11-14(21(23)24)4-5-16(13)20-6-2-1-3-17(15)20/h4-5,11,15,17H,1-3,6-10,12H2/t15-,17+/m1/s1. The van der Waals surface area contributed by atoms with Gasteiger partial charge in [-0.3, -0.25) is 14.9 Å². The fourth-order valence-corrected chi connectivity index (χ4v) is 4.45. The summed E-state index contributed by atoms with van der Waals surface area (Å²) in [6.45, 7) is 3.39. The van der Waals surface area contributed by atoms with Crippen LogP contribution in [0.3, 0.4) is 0 Å². The number of nitro benzene ring substituents is 1. The summed E-state index contributed by atoms with van der Waals surface area (Å²) < 4.78 is 5.36. The van der Waals surface area contributed by atoms with E-state index in [0.29, 0.717) is 32.7 Å². The lowest BCUT2D eigenvalue weighted by Crippen LogP contribution is -2.55. The summed E-state index contributed by atoms with van der Waals surface area (Å²) in [6.07, 6.45) is 3.84. The molecular formula is C18H23N3O4. The van der Waals surface area contributed by atoms with Crippen LogP contribution in [-0.2, 0) is 16.0 Å². The average molecular weight is 345 g/mol. The lowest BCUT2D eigenvalue weighted by atomic mass is 9.80. The number of anilines is 1. The summed E-state index contributed by atoms with van der Waals surface area (Å²) >= 11 is 0. The van der Waals surface area contributed by atoms with Gasteiger partial charge >= 0.3 is 0 Å². The number of amides is 1. The molecule has 0 spiro atoms. The van der Waals surface area contributed by atoms with Crippen molar-refractivity contribution in [2.24, 2.45) is 5.92 Å². The van der Waals surface area contributed by atoms with Crippen LogP contribution in [0.1, 0.15) is 24.8 Å². The third-order valence-corrected chi connectivity index (χ3v) is 5.68.